The van der Waals surface area contributed by atoms with Crippen molar-refractivity contribution in [1.82, 2.24) is 19.9 Å². The molecule has 0 amide bonds. The molecule has 0 unspecified atom stereocenters. The van der Waals surface area contributed by atoms with Crippen LogP contribution in [0.1, 0.15) is 22.5 Å². The van der Waals surface area contributed by atoms with Gasteiger partial charge in [0.1, 0.15) is 0 Å². The molecule has 2 aromatic carbocycles. The quantitative estimate of drug-likeness (QED) is 0.387. The topological polar surface area (TPSA) is 86.5 Å². The molecule has 2 aromatic heterocycles. The first-order chi connectivity index (χ1) is 14.2. The minimum Gasteiger partial charge on any atom is -0.355 e. The second kappa shape index (κ2) is 8.96. The van der Waals surface area contributed by atoms with Gasteiger partial charge in [-0.05, 0) is 23.3 Å². The molecule has 0 aliphatic heterocycles. The molecule has 0 atom stereocenters. The van der Waals surface area contributed by atoms with Crippen molar-refractivity contribution >= 4 is 28.5 Å². The molecule has 4 aromatic rings. The van der Waals surface area contributed by atoms with Crippen LogP contribution in [0.2, 0.25) is 0 Å². The van der Waals surface area contributed by atoms with Gasteiger partial charge in [0, 0.05) is 41.9 Å². The average Bonchev–Trinajstić information content (AvgIpc) is 3.14. The lowest BCUT2D eigenvalue weighted by Crippen LogP contribution is -2.18. The van der Waals surface area contributed by atoms with Crippen molar-refractivity contribution in [3.63, 3.8) is 0 Å². The van der Waals surface area contributed by atoms with Crippen LogP contribution in [0.4, 0.5) is 5.95 Å². The number of thioether (sulfide) groups is 1. The predicted octanol–water partition coefficient (Wildman–Crippen LogP) is 3.89. The molecular weight excluding hydrogens is 382 g/mol. The van der Waals surface area contributed by atoms with E-state index in [-0.39, 0.29) is 5.56 Å². The normalized spacial score (nSPS) is 11.1. The first-order valence-corrected chi connectivity index (χ1v) is 10.7. The maximum Gasteiger partial charge on any atom is 0.255 e. The summed E-state index contributed by atoms with van der Waals surface area (Å²) in [6.45, 7) is 2.75. The zero-order valence-electron chi connectivity index (χ0n) is 16.2. The van der Waals surface area contributed by atoms with Gasteiger partial charge in [-0.3, -0.25) is 9.78 Å². The summed E-state index contributed by atoms with van der Waals surface area (Å²) in [5.74, 6) is 2.27. The maximum atomic E-state index is 12.4. The van der Waals surface area contributed by atoms with Gasteiger partial charge in [0.05, 0.1) is 12.0 Å². The Morgan fingerprint density at radius 2 is 1.97 bits per heavy atom. The monoisotopic (exact) mass is 405 g/mol. The van der Waals surface area contributed by atoms with Crippen molar-refractivity contribution in [2.45, 2.75) is 19.1 Å². The van der Waals surface area contributed by atoms with Crippen LogP contribution >= 0.6 is 11.8 Å². The standard InChI is InChI=1S/C22H23N5OS/c1-15-20(26-14-25-15)13-29-9-8-23-22-24-12-19(21(28)27-22)11-16-6-7-17-4-2-3-5-18(17)10-16/h2-7,10,12,14H,8-9,11,13H2,1H3,(H,25,26)(H2,23,24,27,28). The van der Waals surface area contributed by atoms with Crippen molar-refractivity contribution in [3.8, 4) is 0 Å². The Balaban J connectivity index is 1.31. The number of nitrogens with zero attached hydrogens (tertiary/aromatic N) is 2. The number of hydrogen-bond acceptors (Lipinski definition) is 5. The molecule has 0 aliphatic carbocycles. The van der Waals surface area contributed by atoms with Gasteiger partial charge in [-0.25, -0.2) is 9.97 Å². The van der Waals surface area contributed by atoms with Gasteiger partial charge in [-0.1, -0.05) is 42.5 Å². The molecule has 0 saturated carbocycles. The molecule has 0 spiro atoms. The summed E-state index contributed by atoms with van der Waals surface area (Å²) >= 11 is 1.79. The van der Waals surface area contributed by atoms with E-state index in [2.05, 4.69) is 55.6 Å². The highest BCUT2D eigenvalue weighted by Gasteiger charge is 2.06. The lowest BCUT2D eigenvalue weighted by molar-refractivity contribution is 1.01. The molecule has 0 bridgehead atoms. The van der Waals surface area contributed by atoms with Crippen molar-refractivity contribution in [2.75, 3.05) is 17.6 Å². The number of hydrogen-bond donors (Lipinski definition) is 3. The number of aromatic nitrogens is 4. The molecular formula is C22H23N5OS. The van der Waals surface area contributed by atoms with Crippen molar-refractivity contribution in [1.29, 1.82) is 0 Å². The van der Waals surface area contributed by atoms with Crippen LogP contribution < -0.4 is 10.9 Å². The van der Waals surface area contributed by atoms with Crippen LogP contribution in [0, 0.1) is 6.92 Å². The second-order valence-electron chi connectivity index (χ2n) is 6.90. The molecule has 3 N–H and O–H groups in total. The molecule has 7 heteroatoms. The van der Waals surface area contributed by atoms with E-state index in [0.29, 0.717) is 17.9 Å². The van der Waals surface area contributed by atoms with Crippen LogP contribution in [0.25, 0.3) is 10.8 Å². The first kappa shape index (κ1) is 19.3. The van der Waals surface area contributed by atoms with Crippen molar-refractivity contribution < 1.29 is 0 Å². The number of aromatic amines is 2. The molecule has 0 fully saturated rings. The highest BCUT2D eigenvalue weighted by Crippen LogP contribution is 2.17. The number of anilines is 1. The zero-order chi connectivity index (χ0) is 20.1. The largest absolute Gasteiger partial charge is 0.355 e. The van der Waals surface area contributed by atoms with Gasteiger partial charge >= 0.3 is 0 Å². The summed E-state index contributed by atoms with van der Waals surface area (Å²) in [4.78, 5) is 27.0. The second-order valence-corrected chi connectivity index (χ2v) is 8.00. The number of imidazole rings is 1. The smallest absolute Gasteiger partial charge is 0.255 e. The molecule has 29 heavy (non-hydrogen) atoms. The van der Waals surface area contributed by atoms with Gasteiger partial charge in [-0.2, -0.15) is 11.8 Å². The van der Waals surface area contributed by atoms with E-state index < -0.39 is 0 Å². The average molecular weight is 406 g/mol. The lowest BCUT2D eigenvalue weighted by Gasteiger charge is -2.07. The highest BCUT2D eigenvalue weighted by atomic mass is 32.2. The summed E-state index contributed by atoms with van der Waals surface area (Å²) < 4.78 is 0. The predicted molar refractivity (Wildman–Crippen MR) is 120 cm³/mol. The van der Waals surface area contributed by atoms with Crippen LogP contribution in [-0.2, 0) is 12.2 Å². The summed E-state index contributed by atoms with van der Waals surface area (Å²) in [7, 11) is 0. The fraction of sp³-hybridized carbons (Fsp3) is 0.227. The van der Waals surface area contributed by atoms with Crippen LogP contribution in [0.5, 0.6) is 0 Å². The van der Waals surface area contributed by atoms with E-state index in [0.717, 1.165) is 35.0 Å². The number of rotatable bonds is 8. The molecule has 6 nitrogen and oxygen atoms in total. The summed E-state index contributed by atoms with van der Waals surface area (Å²) in [5.41, 5.74) is 3.85. The Morgan fingerprint density at radius 3 is 2.76 bits per heavy atom. The molecule has 148 valence electrons. The number of nitrogens with one attached hydrogen (secondary N) is 3. The molecule has 0 saturated heterocycles. The fourth-order valence-electron chi connectivity index (χ4n) is 3.15. The van der Waals surface area contributed by atoms with Crippen LogP contribution in [0.15, 0.2) is 59.8 Å². The third-order valence-electron chi connectivity index (χ3n) is 4.79. The van der Waals surface area contributed by atoms with Crippen molar-refractivity contribution in [3.05, 3.63) is 87.9 Å². The first-order valence-electron chi connectivity index (χ1n) is 9.55. The van der Waals surface area contributed by atoms with E-state index in [4.69, 9.17) is 0 Å². The number of benzene rings is 2. The Kier molecular flexibility index (Phi) is 5.95. The fourth-order valence-corrected chi connectivity index (χ4v) is 4.02. The third-order valence-corrected chi connectivity index (χ3v) is 5.76. The Morgan fingerprint density at radius 1 is 1.10 bits per heavy atom. The molecule has 4 rings (SSSR count). The zero-order valence-corrected chi connectivity index (χ0v) is 17.1. The third kappa shape index (κ3) is 4.86. The number of H-pyrrole nitrogens is 2. The Labute approximate surface area is 173 Å². The van der Waals surface area contributed by atoms with Gasteiger partial charge in [-0.15, -0.1) is 0 Å². The van der Waals surface area contributed by atoms with E-state index in [1.807, 2.05) is 19.1 Å². The number of fused-ring (bicyclic) bond motifs is 1. The minimum absolute atomic E-state index is 0.101. The summed E-state index contributed by atoms with van der Waals surface area (Å²) in [6, 6.07) is 14.5. The van der Waals surface area contributed by atoms with Gasteiger partial charge in [0.2, 0.25) is 5.95 Å². The van der Waals surface area contributed by atoms with Crippen LogP contribution in [0.3, 0.4) is 0 Å². The molecule has 0 aliphatic rings. The van der Waals surface area contributed by atoms with E-state index >= 15 is 0 Å². The van der Waals surface area contributed by atoms with E-state index in [1.54, 1.807) is 24.3 Å². The highest BCUT2D eigenvalue weighted by molar-refractivity contribution is 7.98. The Bertz CT molecular complexity index is 1170. The van der Waals surface area contributed by atoms with Crippen LogP contribution in [-0.4, -0.2) is 32.2 Å². The van der Waals surface area contributed by atoms with Crippen molar-refractivity contribution in [2.24, 2.45) is 0 Å². The summed E-state index contributed by atoms with van der Waals surface area (Å²) in [5, 5.41) is 5.55. The minimum atomic E-state index is -0.101. The van der Waals surface area contributed by atoms with Gasteiger partial charge in [0.25, 0.3) is 5.56 Å². The van der Waals surface area contributed by atoms with Gasteiger partial charge in [0.15, 0.2) is 0 Å². The maximum absolute atomic E-state index is 12.4. The molecule has 2 heterocycles. The number of aryl methyl sites for hydroxylation is 1. The SMILES string of the molecule is Cc1[nH]cnc1CSCCNc1ncc(Cc2ccc3ccccc3c2)c(=O)[nH]1. The lowest BCUT2D eigenvalue weighted by atomic mass is 10.0. The van der Waals surface area contributed by atoms with E-state index in [1.165, 1.54) is 10.8 Å². The Hall–Kier alpha value is -3.06. The van der Waals surface area contributed by atoms with Gasteiger partial charge < -0.3 is 10.3 Å². The molecule has 0 radical (unpaired) electrons. The van der Waals surface area contributed by atoms with E-state index in [9.17, 15) is 4.79 Å². The summed E-state index contributed by atoms with van der Waals surface area (Å²) in [6.07, 6.45) is 3.94.